The van der Waals surface area contributed by atoms with Crippen LogP contribution in [0.5, 0.6) is 0 Å². The molecule has 1 aliphatic carbocycles. The minimum absolute atomic E-state index is 0.0801. The summed E-state index contributed by atoms with van der Waals surface area (Å²) in [5.41, 5.74) is -5.16. The zero-order valence-corrected chi connectivity index (χ0v) is 25.6. The van der Waals surface area contributed by atoms with Crippen LogP contribution in [0.3, 0.4) is 0 Å². The number of halogens is 2. The Balaban J connectivity index is 1.39. The van der Waals surface area contributed by atoms with Crippen LogP contribution in [-0.4, -0.2) is 97.4 Å². The second-order valence-corrected chi connectivity index (χ2v) is 13.7. The lowest BCUT2D eigenvalue weighted by atomic mass is 9.94. The maximum Gasteiger partial charge on any atom is 0.399 e. The topological polar surface area (TPSA) is 163 Å². The SMILES string of the molecule is CC(=O)N1CC[C@H]2CC[C@@H](C(=O)N(C)C3CCCCC3)N2C(=O)[C@@H](NC(=O)c2cc3cc(C(F)(F)P(=O)(O)O)ccc3[nH]2)C1. The van der Waals surface area contributed by atoms with Gasteiger partial charge in [-0.1, -0.05) is 25.3 Å². The normalized spacial score (nSPS) is 23.7. The summed E-state index contributed by atoms with van der Waals surface area (Å²) in [6.45, 7) is 1.62. The van der Waals surface area contributed by atoms with Crippen molar-refractivity contribution in [2.75, 3.05) is 20.1 Å². The Morgan fingerprint density at radius 3 is 2.43 bits per heavy atom. The van der Waals surface area contributed by atoms with Gasteiger partial charge in [0, 0.05) is 55.6 Å². The minimum atomic E-state index is -5.79. The molecule has 2 aliphatic heterocycles. The molecule has 3 heterocycles. The average Bonchev–Trinajstić information content (AvgIpc) is 3.60. The fourth-order valence-electron chi connectivity index (χ4n) is 6.74. The van der Waals surface area contributed by atoms with E-state index in [1.54, 1.807) is 16.8 Å². The van der Waals surface area contributed by atoms with Crippen molar-refractivity contribution in [1.29, 1.82) is 0 Å². The summed E-state index contributed by atoms with van der Waals surface area (Å²) in [6.07, 6.45) is 6.66. The van der Waals surface area contributed by atoms with E-state index in [2.05, 4.69) is 10.3 Å². The molecule has 1 saturated carbocycles. The Morgan fingerprint density at radius 1 is 1.07 bits per heavy atom. The molecule has 0 radical (unpaired) electrons. The smallest absolute Gasteiger partial charge is 0.351 e. The van der Waals surface area contributed by atoms with Gasteiger partial charge in [-0.15, -0.1) is 0 Å². The Hall–Kier alpha value is -3.35. The third kappa shape index (κ3) is 6.12. The summed E-state index contributed by atoms with van der Waals surface area (Å²) >= 11 is 0. The minimum Gasteiger partial charge on any atom is -0.351 e. The van der Waals surface area contributed by atoms with E-state index in [0.29, 0.717) is 25.8 Å². The van der Waals surface area contributed by atoms with Gasteiger partial charge in [-0.25, -0.2) is 0 Å². The molecule has 0 spiro atoms. The van der Waals surface area contributed by atoms with Crippen molar-refractivity contribution in [3.05, 3.63) is 35.5 Å². The van der Waals surface area contributed by atoms with Crippen LogP contribution in [-0.2, 0) is 24.6 Å². The number of nitrogens with zero attached hydrogens (tertiary/aromatic N) is 3. The lowest BCUT2D eigenvalue weighted by molar-refractivity contribution is -0.149. The monoisotopic (exact) mass is 637 g/mol. The number of nitrogens with one attached hydrogen (secondary N) is 2. The molecule has 4 N–H and O–H groups in total. The maximum atomic E-state index is 14.3. The van der Waals surface area contributed by atoms with Crippen LogP contribution < -0.4 is 5.32 Å². The molecule has 2 saturated heterocycles. The first kappa shape index (κ1) is 32.1. The summed E-state index contributed by atoms with van der Waals surface area (Å²) < 4.78 is 39.9. The molecule has 3 fully saturated rings. The number of aromatic nitrogens is 1. The number of carbonyl (C=O) groups is 4. The predicted octanol–water partition coefficient (Wildman–Crippen LogP) is 2.90. The van der Waals surface area contributed by atoms with E-state index < -0.39 is 42.7 Å². The first-order valence-corrected chi connectivity index (χ1v) is 16.5. The van der Waals surface area contributed by atoms with Gasteiger partial charge in [0.25, 0.3) is 5.91 Å². The number of aromatic amines is 1. The first-order chi connectivity index (χ1) is 20.7. The highest BCUT2D eigenvalue weighted by Gasteiger charge is 2.50. The molecule has 4 amide bonds. The Labute approximate surface area is 253 Å². The highest BCUT2D eigenvalue weighted by molar-refractivity contribution is 7.52. The van der Waals surface area contributed by atoms with E-state index in [4.69, 9.17) is 9.79 Å². The number of fused-ring (bicyclic) bond motifs is 2. The zero-order valence-electron chi connectivity index (χ0n) is 24.7. The fourth-order valence-corrected chi connectivity index (χ4v) is 7.22. The third-order valence-corrected chi connectivity index (χ3v) is 10.3. The van der Waals surface area contributed by atoms with Crippen LogP contribution in [0.4, 0.5) is 8.78 Å². The number of H-pyrrole nitrogens is 1. The van der Waals surface area contributed by atoms with Gasteiger partial charge >= 0.3 is 13.3 Å². The van der Waals surface area contributed by atoms with Crippen molar-refractivity contribution in [2.24, 2.45) is 0 Å². The standard InChI is InChI=1S/C29H38F2N5O7P/c1-17(37)35-13-12-21-9-11-25(28(40)34(2)20-6-4-3-5-7-20)36(21)27(39)24(16-35)33-26(38)23-15-18-14-19(8-10-22(18)32-23)29(30,31)44(41,42)43/h8,10,14-15,20-21,24-25,32H,3-7,9,11-13,16H2,1-2H3,(H,33,38)(H2,41,42,43)/t21-,24+,25+/m1/s1. The van der Waals surface area contributed by atoms with Crippen molar-refractivity contribution in [2.45, 2.75) is 88.1 Å². The zero-order chi connectivity index (χ0) is 32.0. The van der Waals surface area contributed by atoms with Crippen molar-refractivity contribution in [3.63, 3.8) is 0 Å². The number of benzene rings is 1. The average molecular weight is 638 g/mol. The summed E-state index contributed by atoms with van der Waals surface area (Å²) in [4.78, 5) is 79.4. The summed E-state index contributed by atoms with van der Waals surface area (Å²) in [5.74, 6) is -1.61. The molecule has 240 valence electrons. The number of carbonyl (C=O) groups excluding carboxylic acids is 4. The van der Waals surface area contributed by atoms with Gasteiger partial charge in [0.15, 0.2) is 0 Å². The van der Waals surface area contributed by atoms with Gasteiger partial charge in [0.2, 0.25) is 17.7 Å². The Morgan fingerprint density at radius 2 is 1.77 bits per heavy atom. The van der Waals surface area contributed by atoms with Crippen LogP contribution in [0.15, 0.2) is 24.3 Å². The van der Waals surface area contributed by atoms with Gasteiger partial charge in [0.1, 0.15) is 17.8 Å². The number of hydrogen-bond acceptors (Lipinski definition) is 5. The van der Waals surface area contributed by atoms with Gasteiger partial charge < -0.3 is 34.8 Å². The van der Waals surface area contributed by atoms with Crippen LogP contribution in [0.25, 0.3) is 10.9 Å². The van der Waals surface area contributed by atoms with E-state index in [9.17, 15) is 32.5 Å². The molecule has 0 unspecified atom stereocenters. The number of amides is 4. The van der Waals surface area contributed by atoms with Gasteiger partial charge in [-0.05, 0) is 50.3 Å². The molecule has 44 heavy (non-hydrogen) atoms. The number of alkyl halides is 2. The Kier molecular flexibility index (Phi) is 8.90. The van der Waals surface area contributed by atoms with Crippen molar-refractivity contribution < 1.29 is 42.3 Å². The van der Waals surface area contributed by atoms with Crippen LogP contribution >= 0.6 is 7.60 Å². The van der Waals surface area contributed by atoms with E-state index in [1.165, 1.54) is 24.0 Å². The Bertz CT molecular complexity index is 1500. The molecule has 15 heteroatoms. The molecule has 12 nitrogen and oxygen atoms in total. The van der Waals surface area contributed by atoms with Crippen molar-refractivity contribution in [1.82, 2.24) is 25.0 Å². The number of hydrogen-bond donors (Lipinski definition) is 4. The second-order valence-electron chi connectivity index (χ2n) is 12.1. The summed E-state index contributed by atoms with van der Waals surface area (Å²) in [7, 11) is -4.01. The number of rotatable bonds is 6. The van der Waals surface area contributed by atoms with Crippen LogP contribution in [0, 0.1) is 0 Å². The van der Waals surface area contributed by atoms with E-state index in [0.717, 1.165) is 44.2 Å². The lowest BCUT2D eigenvalue weighted by Crippen LogP contribution is -2.61. The van der Waals surface area contributed by atoms with E-state index >= 15 is 0 Å². The van der Waals surface area contributed by atoms with E-state index in [1.807, 2.05) is 0 Å². The molecule has 1 aromatic heterocycles. The second kappa shape index (κ2) is 12.2. The third-order valence-electron chi connectivity index (χ3n) is 9.27. The molecule has 3 atom stereocenters. The van der Waals surface area contributed by atoms with Gasteiger partial charge in [0.05, 0.1) is 0 Å². The molecule has 0 bridgehead atoms. The number of likely N-dealkylation sites (N-methyl/N-ethyl adjacent to an activating group) is 1. The quantitative estimate of drug-likeness (QED) is 0.354. The summed E-state index contributed by atoms with van der Waals surface area (Å²) in [5, 5.41) is 2.78. The van der Waals surface area contributed by atoms with Crippen LogP contribution in [0.2, 0.25) is 0 Å². The molecule has 2 aromatic rings. The van der Waals surface area contributed by atoms with Crippen molar-refractivity contribution >= 4 is 42.1 Å². The van der Waals surface area contributed by atoms with Crippen molar-refractivity contribution in [3.8, 4) is 0 Å². The molecular weight excluding hydrogens is 599 g/mol. The highest BCUT2D eigenvalue weighted by Crippen LogP contribution is 2.59. The fraction of sp³-hybridized carbons (Fsp3) is 0.586. The highest BCUT2D eigenvalue weighted by atomic mass is 31.2. The molecule has 5 rings (SSSR count). The largest absolute Gasteiger partial charge is 0.399 e. The molecular formula is C29H38F2N5O7P. The predicted molar refractivity (Wildman–Crippen MR) is 156 cm³/mol. The van der Waals surface area contributed by atoms with Crippen LogP contribution in [0.1, 0.15) is 74.3 Å². The van der Waals surface area contributed by atoms with E-state index in [-0.39, 0.29) is 47.0 Å². The molecule has 1 aromatic carbocycles. The van der Waals surface area contributed by atoms with Gasteiger partial charge in [-0.3, -0.25) is 23.7 Å². The van der Waals surface area contributed by atoms with Gasteiger partial charge in [-0.2, -0.15) is 8.78 Å². The maximum absolute atomic E-state index is 14.3. The first-order valence-electron chi connectivity index (χ1n) is 14.9. The lowest BCUT2D eigenvalue weighted by Gasteiger charge is -2.40. The summed E-state index contributed by atoms with van der Waals surface area (Å²) in [6, 6.07) is 2.15. The molecule has 3 aliphatic rings.